The molecular formula is C108H85ClN22O7S. The average molecular weight is 1870 g/mol. The molecule has 0 radical (unpaired) electrons. The summed E-state index contributed by atoms with van der Waals surface area (Å²) in [4.78, 5) is 52.3. The molecule has 0 saturated carbocycles. The standard InChI is InChI=1S/C17H13N3O.2C16H11N3O2.C16H10N2O2S.C15H16N4.C15H13N3.C13H11ClN4/c1-11-2-7-15-16(8-11)20-17(19-15)13(10-18)9-12-3-5-14(21)6-4-12;2*17-9-11(7-10-5-6-14(20)15(21)8-10)16-18-12-3-1-2-4-13(12)19-16;17-9-11(7-10-5-6-13(19)14(20)8-10)16-18-12-3-1-2-4-15(12)21-16;1-19(2)12-6-3-10(4-7-12)15-17-13-8-5-11(16)9-14(13)18-15;16-12-7-8-13-14(10-12)18-15(17-13)9-6-11-4-2-1-3-5-11;14-9-5-11-12(6-10(9)16)18-13(17-11)7-1-3-8(15)4-2-7/h2-9,21H,1H3,(H,19,20);2*1-8,20-21H,(H,18,19);1-8,19-20H;3-9H,16H2,1-2H3,(H,17,18);1-10H,16H2,(H,17,18);1-6H,15-16H2,(H,17,18)/b13-9+;11-7+;2*11-7-;;9-6+;. The van der Waals surface area contributed by atoms with Gasteiger partial charge in [0.25, 0.3) is 0 Å². The number of imidazole rings is 6. The average Bonchev–Trinajstić information content (AvgIpc) is 1.64. The minimum Gasteiger partial charge on any atom is -0.508 e. The number of fused-ring (bicyclic) bond motifs is 7. The van der Waals surface area contributed by atoms with E-state index in [-0.39, 0.29) is 40.2 Å². The topological polar surface area (TPSA) is 529 Å². The number of H-pyrrole nitrogens is 6. The van der Waals surface area contributed by atoms with E-state index in [0.717, 1.165) is 139 Å². The molecule has 31 heteroatoms. The van der Waals surface area contributed by atoms with Crippen LogP contribution in [0.4, 0.5) is 28.4 Å². The van der Waals surface area contributed by atoms with Gasteiger partial charge in [-0.2, -0.15) is 21.0 Å². The van der Waals surface area contributed by atoms with E-state index in [0.29, 0.717) is 72.2 Å². The van der Waals surface area contributed by atoms with Crippen LogP contribution in [0.1, 0.15) is 61.7 Å². The number of thiazole rings is 1. The van der Waals surface area contributed by atoms with E-state index in [2.05, 4.69) is 130 Å². The summed E-state index contributed by atoms with van der Waals surface area (Å²) < 4.78 is 1.02. The van der Waals surface area contributed by atoms with Crippen molar-refractivity contribution in [2.75, 3.05) is 41.9 Å². The molecular weight excluding hydrogens is 1780 g/mol. The zero-order chi connectivity index (χ0) is 97.8. The zero-order valence-electron chi connectivity index (χ0n) is 74.3. The second-order valence-electron chi connectivity index (χ2n) is 31.4. The van der Waals surface area contributed by atoms with Crippen molar-refractivity contribution < 1.29 is 35.7 Å². The minimum absolute atomic E-state index is 0.189. The van der Waals surface area contributed by atoms with Crippen molar-refractivity contribution >= 4 is 187 Å². The lowest BCUT2D eigenvalue weighted by atomic mass is 10.1. The van der Waals surface area contributed by atoms with Crippen LogP contribution in [0.15, 0.2) is 297 Å². The Balaban J connectivity index is 0.000000123. The normalized spacial score (nSPS) is 11.3. The number of aromatic nitrogens is 13. The van der Waals surface area contributed by atoms with Gasteiger partial charge in [0.1, 0.15) is 70.0 Å². The molecule has 0 aliphatic heterocycles. The van der Waals surface area contributed by atoms with E-state index < -0.39 is 0 Å². The van der Waals surface area contributed by atoms with Crippen LogP contribution in [0.3, 0.4) is 0 Å². The molecule has 0 amide bonds. The molecule has 7 heterocycles. The quantitative estimate of drug-likeness (QED) is 0.0290. The maximum Gasteiger partial charge on any atom is 0.157 e. The highest BCUT2D eigenvalue weighted by atomic mass is 35.5. The first-order valence-electron chi connectivity index (χ1n) is 42.6. The van der Waals surface area contributed by atoms with Crippen LogP contribution in [-0.2, 0) is 0 Å². The lowest BCUT2D eigenvalue weighted by Gasteiger charge is -2.11. The predicted octanol–water partition coefficient (Wildman–Crippen LogP) is 22.7. The minimum atomic E-state index is -0.231. The Kier molecular flexibility index (Phi) is 29.2. The van der Waals surface area contributed by atoms with E-state index >= 15 is 0 Å². The fourth-order valence-corrected chi connectivity index (χ4v) is 15.0. The second-order valence-corrected chi connectivity index (χ2v) is 32.8. The van der Waals surface area contributed by atoms with Crippen LogP contribution >= 0.6 is 22.9 Å². The van der Waals surface area contributed by atoms with Gasteiger partial charge in [-0.15, -0.1) is 11.3 Å². The number of nitrogens with two attached hydrogens (primary N) is 4. The summed E-state index contributed by atoms with van der Waals surface area (Å²) in [5, 5.41) is 104. The number of allylic oxidation sites excluding steroid dienone is 4. The monoisotopic (exact) mass is 1870 g/mol. The zero-order valence-corrected chi connectivity index (χ0v) is 75.9. The van der Waals surface area contributed by atoms with E-state index in [1.807, 2.05) is 203 Å². The van der Waals surface area contributed by atoms with Gasteiger partial charge in [-0.05, 0) is 265 Å². The summed E-state index contributed by atoms with van der Waals surface area (Å²) in [6, 6.07) is 97.7. The van der Waals surface area contributed by atoms with Crippen molar-refractivity contribution in [1.29, 1.82) is 21.0 Å². The SMILES string of the molecule is CN(C)c1ccc(-c2nc3ccc(N)cc3[nH]2)cc1.Cc1ccc2nc(/C(C#N)=C/c3ccc(O)cc3)[nH]c2c1.N#C/C(=C/c1ccc(O)c(O)c1)c1nc2ccccc2[nH]1.N#C/C(=C/c1ccc(O)c(O)c1)c1nc2ccccc2s1.N#C/C(=C\c1ccc(O)c(O)c1)c1nc2ccccc2[nH]1.Nc1ccc(-c2nc3cc(N)c(Cl)cc3[nH]2)cc1.Nc1ccc2nc(/C=C/c3ccccc3)[nH]c2c1. The number of anilines is 5. The first kappa shape index (κ1) is 94.0. The number of hydrogen-bond acceptors (Lipinski definition) is 24. The van der Waals surface area contributed by atoms with Gasteiger partial charge in [-0.3, -0.25) is 0 Å². The van der Waals surface area contributed by atoms with Gasteiger partial charge in [0.2, 0.25) is 0 Å². The maximum absolute atomic E-state index is 9.50. The van der Waals surface area contributed by atoms with Crippen LogP contribution in [0.2, 0.25) is 5.02 Å². The predicted molar refractivity (Wildman–Crippen MR) is 556 cm³/mol. The van der Waals surface area contributed by atoms with E-state index in [1.54, 1.807) is 78.9 Å². The van der Waals surface area contributed by atoms with Gasteiger partial charge in [0, 0.05) is 48.0 Å². The Morgan fingerprint density at radius 1 is 0.338 bits per heavy atom. The van der Waals surface area contributed by atoms with Crippen molar-refractivity contribution in [2.24, 2.45) is 0 Å². The molecule has 21 aromatic rings. The summed E-state index contributed by atoms with van der Waals surface area (Å²) in [5.74, 6) is 2.88. The highest BCUT2D eigenvalue weighted by Crippen LogP contribution is 2.36. The van der Waals surface area contributed by atoms with Gasteiger partial charge in [-0.1, -0.05) is 121 Å². The number of aromatic amines is 6. The molecule has 29 nitrogen and oxygen atoms in total. The van der Waals surface area contributed by atoms with Crippen molar-refractivity contribution in [3.8, 4) is 87.3 Å². The fraction of sp³-hybridized carbons (Fsp3) is 0.0278. The molecule has 14 aromatic carbocycles. The van der Waals surface area contributed by atoms with Crippen LogP contribution in [0.25, 0.3) is 158 Å². The van der Waals surface area contributed by atoms with Gasteiger partial charge in [-0.25, -0.2) is 34.9 Å². The van der Waals surface area contributed by atoms with Crippen LogP contribution < -0.4 is 27.8 Å². The Labute approximate surface area is 803 Å². The molecule has 0 unspecified atom stereocenters. The fourth-order valence-electron chi connectivity index (χ4n) is 13.9. The third-order valence-electron chi connectivity index (χ3n) is 21.0. The van der Waals surface area contributed by atoms with Gasteiger partial charge in [0.15, 0.2) is 34.5 Å². The van der Waals surface area contributed by atoms with Crippen molar-refractivity contribution in [1.82, 2.24) is 64.8 Å². The van der Waals surface area contributed by atoms with E-state index in [4.69, 9.17) is 34.5 Å². The summed E-state index contributed by atoms with van der Waals surface area (Å²) in [5.41, 5.74) is 46.7. The molecule has 682 valence electrons. The molecule has 21 rings (SSSR count). The molecule has 0 spiro atoms. The summed E-state index contributed by atoms with van der Waals surface area (Å²) in [6.07, 6.45) is 10.6. The van der Waals surface area contributed by atoms with E-state index in [9.17, 15) is 56.8 Å². The van der Waals surface area contributed by atoms with Crippen molar-refractivity contribution in [3.05, 3.63) is 364 Å². The number of rotatable bonds is 13. The number of halogens is 1. The number of nitriles is 4. The van der Waals surface area contributed by atoms with Gasteiger partial charge in [0.05, 0.1) is 109 Å². The third-order valence-corrected chi connectivity index (χ3v) is 22.4. The number of aryl methyl sites for hydroxylation is 1. The number of phenols is 7. The first-order chi connectivity index (χ1) is 67.2. The summed E-state index contributed by atoms with van der Waals surface area (Å²) >= 11 is 7.42. The highest BCUT2D eigenvalue weighted by Gasteiger charge is 2.17. The second kappa shape index (κ2) is 43.1. The number of phenolic OH excluding ortho intramolecular Hbond substituents is 7. The van der Waals surface area contributed by atoms with Crippen LogP contribution in [0.5, 0.6) is 40.2 Å². The summed E-state index contributed by atoms with van der Waals surface area (Å²) in [7, 11) is 4.05. The number of benzene rings is 14. The Morgan fingerprint density at radius 2 is 0.748 bits per heavy atom. The molecule has 7 aromatic heterocycles. The maximum atomic E-state index is 9.50. The lowest BCUT2D eigenvalue weighted by molar-refractivity contribution is 0.403. The van der Waals surface area contributed by atoms with Gasteiger partial charge >= 0.3 is 0 Å². The molecule has 0 aliphatic rings. The van der Waals surface area contributed by atoms with E-state index in [1.165, 1.54) is 53.4 Å². The molecule has 0 atom stereocenters. The smallest absolute Gasteiger partial charge is 0.157 e. The molecule has 21 N–H and O–H groups in total. The largest absolute Gasteiger partial charge is 0.508 e. The van der Waals surface area contributed by atoms with Crippen molar-refractivity contribution in [3.63, 3.8) is 0 Å². The van der Waals surface area contributed by atoms with Crippen molar-refractivity contribution in [2.45, 2.75) is 6.92 Å². The Morgan fingerprint density at radius 3 is 1.25 bits per heavy atom. The third kappa shape index (κ3) is 24.0. The molecule has 0 saturated heterocycles. The lowest BCUT2D eigenvalue weighted by Crippen LogP contribution is -2.07. The Hall–Kier alpha value is -19.7. The Bertz CT molecular complexity index is 7920. The number of aromatic hydroxyl groups is 7. The number of nitrogens with one attached hydrogen (secondary N) is 6. The molecule has 139 heavy (non-hydrogen) atoms. The molecule has 0 fully saturated rings. The molecule has 0 bridgehead atoms. The highest BCUT2D eigenvalue weighted by molar-refractivity contribution is 7.19. The number of hydrogen-bond donors (Lipinski definition) is 17. The first-order valence-corrected chi connectivity index (χ1v) is 43.8. The number of nitrogens with zero attached hydrogens (tertiary/aromatic N) is 12. The van der Waals surface area contributed by atoms with Gasteiger partial charge < -0.3 is 93.5 Å². The number of nitrogen functional groups attached to an aromatic ring is 4. The summed E-state index contributed by atoms with van der Waals surface area (Å²) in [6.45, 7) is 2.01. The van der Waals surface area contributed by atoms with Crippen LogP contribution in [0, 0.1) is 52.2 Å². The van der Waals surface area contributed by atoms with Crippen LogP contribution in [-0.4, -0.2) is 115 Å². The number of para-hydroxylation sites is 5. The molecule has 0 aliphatic carbocycles.